The molecule has 2 aliphatic rings. The van der Waals surface area contributed by atoms with Crippen LogP contribution in [0.5, 0.6) is 0 Å². The highest BCUT2D eigenvalue weighted by Gasteiger charge is 2.24. The van der Waals surface area contributed by atoms with Crippen LogP contribution in [0.25, 0.3) is 0 Å². The first-order valence-corrected chi connectivity index (χ1v) is 12.3. The van der Waals surface area contributed by atoms with Crippen LogP contribution in [0.3, 0.4) is 0 Å². The first-order chi connectivity index (χ1) is 16.2. The molecule has 0 radical (unpaired) electrons. The second-order valence-corrected chi connectivity index (χ2v) is 9.11. The Morgan fingerprint density at radius 3 is 2.39 bits per heavy atom. The van der Waals surface area contributed by atoms with Gasteiger partial charge >= 0.3 is 0 Å². The molecule has 176 valence electrons. The molecule has 0 spiro atoms. The van der Waals surface area contributed by atoms with Gasteiger partial charge in [-0.25, -0.2) is 0 Å². The normalized spacial score (nSPS) is 19.5. The Morgan fingerprint density at radius 1 is 0.909 bits per heavy atom. The van der Waals surface area contributed by atoms with Crippen molar-refractivity contribution in [3.05, 3.63) is 71.3 Å². The molecule has 2 N–H and O–H groups in total. The van der Waals surface area contributed by atoms with E-state index in [0.717, 1.165) is 62.7 Å². The molecule has 2 aromatic rings. The Kier molecular flexibility index (Phi) is 8.36. The van der Waals surface area contributed by atoms with Crippen LogP contribution in [0.15, 0.2) is 59.6 Å². The van der Waals surface area contributed by atoms with Gasteiger partial charge in [0, 0.05) is 51.4 Å². The number of hydrogen-bond acceptors (Lipinski definition) is 3. The molecule has 6 nitrogen and oxygen atoms in total. The summed E-state index contributed by atoms with van der Waals surface area (Å²) in [5, 5.41) is 6.92. The number of nitrogens with one attached hydrogen (secondary N) is 2. The molecule has 0 aromatic heterocycles. The van der Waals surface area contributed by atoms with E-state index in [1.165, 1.54) is 24.8 Å². The van der Waals surface area contributed by atoms with E-state index >= 15 is 0 Å². The van der Waals surface area contributed by atoms with Crippen LogP contribution in [0.2, 0.25) is 0 Å². The number of likely N-dealkylation sites (tertiary alicyclic amines) is 2. The number of benzene rings is 2. The van der Waals surface area contributed by atoms with Crippen LogP contribution < -0.4 is 10.6 Å². The van der Waals surface area contributed by atoms with Crippen molar-refractivity contribution < 1.29 is 4.79 Å². The predicted octanol–water partition coefficient (Wildman–Crippen LogP) is 3.64. The number of nitrogens with zero attached hydrogens (tertiary/aromatic N) is 3. The molecule has 0 bridgehead atoms. The first-order valence-electron chi connectivity index (χ1n) is 12.3. The molecule has 1 unspecified atom stereocenters. The van der Waals surface area contributed by atoms with Gasteiger partial charge in [0.2, 0.25) is 0 Å². The Labute approximate surface area is 198 Å². The third-order valence-corrected chi connectivity index (χ3v) is 6.76. The number of hydrogen-bond donors (Lipinski definition) is 2. The molecule has 2 saturated heterocycles. The van der Waals surface area contributed by atoms with Crippen molar-refractivity contribution in [2.45, 2.75) is 51.2 Å². The Hall–Kier alpha value is -2.86. The van der Waals surface area contributed by atoms with Gasteiger partial charge in [0.05, 0.1) is 0 Å². The average Bonchev–Trinajstić information content (AvgIpc) is 3.32. The number of piperidine rings is 1. The summed E-state index contributed by atoms with van der Waals surface area (Å²) in [5.74, 6) is 0.971. The van der Waals surface area contributed by atoms with Gasteiger partial charge in [0.25, 0.3) is 5.91 Å². The summed E-state index contributed by atoms with van der Waals surface area (Å²) < 4.78 is 0. The number of carbonyl (C=O) groups is 1. The van der Waals surface area contributed by atoms with Crippen LogP contribution >= 0.6 is 0 Å². The molecular weight excluding hydrogens is 410 g/mol. The lowest BCUT2D eigenvalue weighted by Crippen LogP contribution is -2.44. The van der Waals surface area contributed by atoms with Crippen molar-refractivity contribution in [1.29, 1.82) is 0 Å². The molecule has 2 aromatic carbocycles. The molecule has 2 aliphatic heterocycles. The van der Waals surface area contributed by atoms with Crippen LogP contribution in [-0.2, 0) is 13.1 Å². The van der Waals surface area contributed by atoms with E-state index in [4.69, 9.17) is 0 Å². The van der Waals surface area contributed by atoms with Crippen LogP contribution in [0.1, 0.15) is 53.6 Å². The van der Waals surface area contributed by atoms with E-state index in [1.807, 2.05) is 36.2 Å². The minimum Gasteiger partial charge on any atom is -0.355 e. The third-order valence-electron chi connectivity index (χ3n) is 6.76. The number of aliphatic imine (C=N–C) groups is 1. The van der Waals surface area contributed by atoms with Crippen LogP contribution in [-0.4, -0.2) is 60.9 Å². The maximum atomic E-state index is 12.7. The molecule has 1 atom stereocenters. The quantitative estimate of drug-likeness (QED) is 0.503. The lowest BCUT2D eigenvalue weighted by atomic mass is 10.1. The molecular formula is C27H37N5O. The first kappa shape index (κ1) is 23.3. The third kappa shape index (κ3) is 6.57. The second kappa shape index (κ2) is 11.8. The lowest BCUT2D eigenvalue weighted by Gasteiger charge is -2.26. The molecule has 6 heteroatoms. The maximum Gasteiger partial charge on any atom is 0.253 e. The fourth-order valence-corrected chi connectivity index (χ4v) is 4.82. The van der Waals surface area contributed by atoms with Gasteiger partial charge in [-0.15, -0.1) is 0 Å². The van der Waals surface area contributed by atoms with Crippen molar-refractivity contribution in [3.63, 3.8) is 0 Å². The SMILES string of the molecule is CN=C(NCc1ccc(C(=O)N2CCCCC2)cc1)NCC1CCCN1Cc1ccccc1. The minimum absolute atomic E-state index is 0.156. The van der Waals surface area contributed by atoms with Crippen molar-refractivity contribution in [2.75, 3.05) is 33.2 Å². The summed E-state index contributed by atoms with van der Waals surface area (Å²) in [5.41, 5.74) is 3.29. The van der Waals surface area contributed by atoms with Gasteiger partial charge in [-0.3, -0.25) is 14.7 Å². The highest BCUT2D eigenvalue weighted by atomic mass is 16.2. The zero-order valence-corrected chi connectivity index (χ0v) is 19.8. The largest absolute Gasteiger partial charge is 0.355 e. The molecule has 33 heavy (non-hydrogen) atoms. The fraction of sp³-hybridized carbons (Fsp3) is 0.481. The van der Waals surface area contributed by atoms with E-state index in [9.17, 15) is 4.79 Å². The summed E-state index contributed by atoms with van der Waals surface area (Å²) in [6.07, 6.45) is 5.92. The Morgan fingerprint density at radius 2 is 1.67 bits per heavy atom. The second-order valence-electron chi connectivity index (χ2n) is 9.11. The van der Waals surface area contributed by atoms with E-state index in [0.29, 0.717) is 12.6 Å². The predicted molar refractivity (Wildman–Crippen MR) is 134 cm³/mol. The van der Waals surface area contributed by atoms with Crippen molar-refractivity contribution in [2.24, 2.45) is 4.99 Å². The van der Waals surface area contributed by atoms with E-state index < -0.39 is 0 Å². The number of rotatable bonds is 7. The average molecular weight is 448 g/mol. The summed E-state index contributed by atoms with van der Waals surface area (Å²) in [6.45, 7) is 5.48. The summed E-state index contributed by atoms with van der Waals surface area (Å²) in [6, 6.07) is 19.2. The van der Waals surface area contributed by atoms with Gasteiger partial charge in [-0.1, -0.05) is 42.5 Å². The molecule has 0 aliphatic carbocycles. The van der Waals surface area contributed by atoms with Gasteiger partial charge in [-0.05, 0) is 61.9 Å². The maximum absolute atomic E-state index is 12.7. The number of guanidine groups is 1. The van der Waals surface area contributed by atoms with Gasteiger partial charge in [0.15, 0.2) is 5.96 Å². The summed E-state index contributed by atoms with van der Waals surface area (Å²) in [4.78, 5) is 21.6. The zero-order valence-electron chi connectivity index (χ0n) is 19.8. The topological polar surface area (TPSA) is 60.0 Å². The highest BCUT2D eigenvalue weighted by Crippen LogP contribution is 2.19. The van der Waals surface area contributed by atoms with E-state index in [-0.39, 0.29) is 5.91 Å². The van der Waals surface area contributed by atoms with Crippen LogP contribution in [0.4, 0.5) is 0 Å². The van der Waals surface area contributed by atoms with Gasteiger partial charge in [-0.2, -0.15) is 0 Å². The van der Waals surface area contributed by atoms with Crippen molar-refractivity contribution >= 4 is 11.9 Å². The smallest absolute Gasteiger partial charge is 0.253 e. The standard InChI is InChI=1S/C27H37N5O/c1-28-27(30-20-25-11-8-18-32(25)21-23-9-4-2-5-10-23)29-19-22-12-14-24(15-13-22)26(33)31-16-6-3-7-17-31/h2,4-5,9-10,12-15,25H,3,6-8,11,16-21H2,1H3,(H2,28,29,30). The number of amides is 1. The lowest BCUT2D eigenvalue weighted by molar-refractivity contribution is 0.0724. The molecule has 0 saturated carbocycles. The zero-order chi connectivity index (χ0) is 22.9. The Bertz CT molecular complexity index is 906. The van der Waals surface area contributed by atoms with Crippen LogP contribution in [0, 0.1) is 0 Å². The fourth-order valence-electron chi connectivity index (χ4n) is 4.82. The van der Waals surface area contributed by atoms with Gasteiger partial charge < -0.3 is 15.5 Å². The highest BCUT2D eigenvalue weighted by molar-refractivity contribution is 5.94. The molecule has 1 amide bonds. The Balaban J connectivity index is 1.23. The number of carbonyl (C=O) groups excluding carboxylic acids is 1. The van der Waals surface area contributed by atoms with Gasteiger partial charge in [0.1, 0.15) is 0 Å². The molecule has 2 fully saturated rings. The van der Waals surface area contributed by atoms with E-state index in [2.05, 4.69) is 50.9 Å². The van der Waals surface area contributed by atoms with Crippen molar-refractivity contribution in [1.82, 2.24) is 20.4 Å². The summed E-state index contributed by atoms with van der Waals surface area (Å²) >= 11 is 0. The summed E-state index contributed by atoms with van der Waals surface area (Å²) in [7, 11) is 1.81. The molecule has 2 heterocycles. The minimum atomic E-state index is 0.156. The monoisotopic (exact) mass is 447 g/mol. The molecule has 4 rings (SSSR count). The van der Waals surface area contributed by atoms with Crippen molar-refractivity contribution in [3.8, 4) is 0 Å². The van der Waals surface area contributed by atoms with E-state index in [1.54, 1.807) is 0 Å².